The number of carbonyl (C=O) groups is 1. The molecule has 2 unspecified atom stereocenters. The fourth-order valence-corrected chi connectivity index (χ4v) is 3.99. The van der Waals surface area contributed by atoms with E-state index in [-0.39, 0.29) is 23.8 Å². The minimum Gasteiger partial charge on any atom is -0.372 e. The van der Waals surface area contributed by atoms with Gasteiger partial charge in [-0.25, -0.2) is 4.68 Å². The monoisotopic (exact) mass is 434 g/mol. The van der Waals surface area contributed by atoms with Crippen molar-refractivity contribution in [3.05, 3.63) is 75.5 Å². The summed E-state index contributed by atoms with van der Waals surface area (Å²) in [6, 6.07) is 13.9. The van der Waals surface area contributed by atoms with Crippen molar-refractivity contribution in [3.8, 4) is 16.9 Å². The van der Waals surface area contributed by atoms with Crippen molar-refractivity contribution >= 4 is 11.6 Å². The predicted octanol–water partition coefficient (Wildman–Crippen LogP) is 4.31. The summed E-state index contributed by atoms with van der Waals surface area (Å²) in [4.78, 5) is 25.9. The number of aromatic nitrogens is 2. The van der Waals surface area contributed by atoms with E-state index >= 15 is 0 Å². The van der Waals surface area contributed by atoms with Crippen molar-refractivity contribution in [1.29, 1.82) is 0 Å². The molecular formula is C24H26N4O4. The van der Waals surface area contributed by atoms with Gasteiger partial charge in [0.25, 0.3) is 11.6 Å². The van der Waals surface area contributed by atoms with E-state index in [1.165, 1.54) is 17.7 Å². The number of nitro benzene ring substituents is 1. The molecular weight excluding hydrogens is 408 g/mol. The molecule has 8 nitrogen and oxygen atoms in total. The molecule has 1 aromatic heterocycles. The number of benzene rings is 2. The molecule has 0 N–H and O–H groups in total. The summed E-state index contributed by atoms with van der Waals surface area (Å²) < 4.78 is 7.34. The van der Waals surface area contributed by atoms with E-state index in [0.29, 0.717) is 30.2 Å². The van der Waals surface area contributed by atoms with Crippen LogP contribution in [0.3, 0.4) is 0 Å². The van der Waals surface area contributed by atoms with E-state index in [0.717, 1.165) is 11.1 Å². The van der Waals surface area contributed by atoms with Crippen LogP contribution in [0.4, 0.5) is 5.69 Å². The quantitative estimate of drug-likeness (QED) is 0.451. The molecule has 2 heterocycles. The van der Waals surface area contributed by atoms with Crippen molar-refractivity contribution in [2.45, 2.75) is 39.9 Å². The van der Waals surface area contributed by atoms with Crippen molar-refractivity contribution in [2.75, 3.05) is 13.1 Å². The van der Waals surface area contributed by atoms with E-state index in [1.807, 2.05) is 45.9 Å². The van der Waals surface area contributed by atoms with Crippen LogP contribution in [0.25, 0.3) is 16.9 Å². The highest BCUT2D eigenvalue weighted by atomic mass is 16.6. The van der Waals surface area contributed by atoms with E-state index in [2.05, 4.69) is 0 Å². The van der Waals surface area contributed by atoms with Crippen molar-refractivity contribution in [3.63, 3.8) is 0 Å². The Hall–Kier alpha value is -3.52. The summed E-state index contributed by atoms with van der Waals surface area (Å²) in [5.41, 5.74) is 4.87. The van der Waals surface area contributed by atoms with Gasteiger partial charge in [0.1, 0.15) is 5.69 Å². The highest BCUT2D eigenvalue weighted by Gasteiger charge is 2.29. The molecule has 1 fully saturated rings. The molecule has 1 amide bonds. The van der Waals surface area contributed by atoms with Crippen LogP contribution in [0.2, 0.25) is 0 Å². The number of nitro groups is 1. The van der Waals surface area contributed by atoms with Crippen LogP contribution in [-0.2, 0) is 4.74 Å². The number of ether oxygens (including phenoxy) is 1. The maximum absolute atomic E-state index is 13.5. The molecule has 3 aromatic rings. The molecule has 0 bridgehead atoms. The molecule has 1 aliphatic heterocycles. The molecule has 0 radical (unpaired) electrons. The Bertz CT molecular complexity index is 1160. The smallest absolute Gasteiger partial charge is 0.272 e. The van der Waals surface area contributed by atoms with Gasteiger partial charge in [-0.3, -0.25) is 14.9 Å². The van der Waals surface area contributed by atoms with Gasteiger partial charge in [0.05, 0.1) is 28.5 Å². The zero-order valence-electron chi connectivity index (χ0n) is 18.6. The lowest BCUT2D eigenvalue weighted by atomic mass is 10.0. The van der Waals surface area contributed by atoms with Gasteiger partial charge >= 0.3 is 0 Å². The topological polar surface area (TPSA) is 90.5 Å². The Morgan fingerprint density at radius 1 is 1.03 bits per heavy atom. The van der Waals surface area contributed by atoms with E-state index in [9.17, 15) is 14.9 Å². The minimum absolute atomic E-state index is 0.0148. The first kappa shape index (κ1) is 21.7. The molecule has 1 saturated heterocycles. The lowest BCUT2D eigenvalue weighted by Crippen LogP contribution is -2.48. The van der Waals surface area contributed by atoms with E-state index in [4.69, 9.17) is 9.84 Å². The lowest BCUT2D eigenvalue weighted by molar-refractivity contribution is -0.384. The Kier molecular flexibility index (Phi) is 5.80. The van der Waals surface area contributed by atoms with Crippen LogP contribution in [0.1, 0.15) is 35.5 Å². The maximum Gasteiger partial charge on any atom is 0.272 e. The van der Waals surface area contributed by atoms with Gasteiger partial charge in [0.2, 0.25) is 0 Å². The molecule has 32 heavy (non-hydrogen) atoms. The molecule has 2 atom stereocenters. The highest BCUT2D eigenvalue weighted by molar-refractivity contribution is 5.94. The number of rotatable bonds is 4. The average molecular weight is 434 g/mol. The molecule has 4 rings (SSSR count). The SMILES string of the molecule is Cc1ccc(-c2cc(C(=O)N3CC(C)OC(C)C3)n(-c3ccc([N+](=O)[O-])cc3)n2)cc1C. The number of nitrogens with zero attached hydrogens (tertiary/aromatic N) is 4. The second kappa shape index (κ2) is 8.55. The Balaban J connectivity index is 1.79. The number of morpholine rings is 1. The average Bonchev–Trinajstić information content (AvgIpc) is 3.20. The molecule has 0 saturated carbocycles. The fraction of sp³-hybridized carbons (Fsp3) is 0.333. The number of aryl methyl sites for hydroxylation is 2. The fourth-order valence-electron chi connectivity index (χ4n) is 3.99. The zero-order valence-corrected chi connectivity index (χ0v) is 18.6. The van der Waals surface area contributed by atoms with Crippen LogP contribution < -0.4 is 0 Å². The van der Waals surface area contributed by atoms with Crippen LogP contribution in [-0.4, -0.2) is 50.8 Å². The van der Waals surface area contributed by atoms with Gasteiger partial charge in [-0.2, -0.15) is 5.10 Å². The van der Waals surface area contributed by atoms with Crippen molar-refractivity contribution < 1.29 is 14.5 Å². The van der Waals surface area contributed by atoms with Crippen LogP contribution in [0.5, 0.6) is 0 Å². The molecule has 0 spiro atoms. The third kappa shape index (κ3) is 4.27. The Labute approximate surface area is 186 Å². The molecule has 2 aromatic carbocycles. The normalized spacial score (nSPS) is 18.6. The second-order valence-corrected chi connectivity index (χ2v) is 8.37. The van der Waals surface area contributed by atoms with Gasteiger partial charge in [-0.05, 0) is 63.1 Å². The van der Waals surface area contributed by atoms with Crippen LogP contribution in [0, 0.1) is 24.0 Å². The molecule has 1 aliphatic rings. The summed E-state index contributed by atoms with van der Waals surface area (Å²) in [5, 5.41) is 15.8. The first-order valence-corrected chi connectivity index (χ1v) is 10.6. The summed E-state index contributed by atoms with van der Waals surface area (Å²) >= 11 is 0. The Morgan fingerprint density at radius 3 is 2.28 bits per heavy atom. The van der Waals surface area contributed by atoms with Crippen molar-refractivity contribution in [2.24, 2.45) is 0 Å². The predicted molar refractivity (Wildman–Crippen MR) is 121 cm³/mol. The third-order valence-corrected chi connectivity index (χ3v) is 5.74. The molecule has 8 heteroatoms. The molecule has 166 valence electrons. The highest BCUT2D eigenvalue weighted by Crippen LogP contribution is 2.26. The summed E-state index contributed by atoms with van der Waals surface area (Å²) in [7, 11) is 0. The number of carbonyl (C=O) groups excluding carboxylic acids is 1. The number of non-ortho nitro benzene ring substituents is 1. The van der Waals surface area contributed by atoms with E-state index in [1.54, 1.807) is 27.8 Å². The lowest BCUT2D eigenvalue weighted by Gasteiger charge is -2.35. The molecule has 0 aliphatic carbocycles. The van der Waals surface area contributed by atoms with Gasteiger partial charge in [-0.1, -0.05) is 12.1 Å². The maximum atomic E-state index is 13.5. The summed E-state index contributed by atoms with van der Waals surface area (Å²) in [5.74, 6) is -0.145. The van der Waals surface area contributed by atoms with Crippen LogP contribution in [0.15, 0.2) is 48.5 Å². The standard InChI is InChI=1S/C24H26N4O4/c1-15-5-6-19(11-16(15)2)22-12-23(24(29)26-13-17(3)32-18(4)14-26)27(25-22)20-7-9-21(10-8-20)28(30)31/h5-12,17-18H,13-14H2,1-4H3. The minimum atomic E-state index is -0.448. The van der Waals surface area contributed by atoms with Gasteiger partial charge in [-0.15, -0.1) is 0 Å². The third-order valence-electron chi connectivity index (χ3n) is 5.74. The van der Waals surface area contributed by atoms with Crippen LogP contribution >= 0.6 is 0 Å². The van der Waals surface area contributed by atoms with Crippen molar-refractivity contribution in [1.82, 2.24) is 14.7 Å². The number of amides is 1. The summed E-state index contributed by atoms with van der Waals surface area (Å²) in [6.45, 7) is 8.97. The number of hydrogen-bond acceptors (Lipinski definition) is 5. The van der Waals surface area contributed by atoms with Gasteiger partial charge in [0, 0.05) is 30.8 Å². The summed E-state index contributed by atoms with van der Waals surface area (Å²) in [6.07, 6.45) is -0.115. The van der Waals surface area contributed by atoms with Gasteiger partial charge in [0.15, 0.2) is 0 Å². The Morgan fingerprint density at radius 2 is 1.69 bits per heavy atom. The first-order chi connectivity index (χ1) is 15.2. The second-order valence-electron chi connectivity index (χ2n) is 8.37. The van der Waals surface area contributed by atoms with Gasteiger partial charge < -0.3 is 9.64 Å². The van der Waals surface area contributed by atoms with E-state index < -0.39 is 4.92 Å². The first-order valence-electron chi connectivity index (χ1n) is 10.6. The largest absolute Gasteiger partial charge is 0.372 e. The zero-order chi connectivity index (χ0) is 23.0. The number of hydrogen-bond donors (Lipinski definition) is 0.